The highest BCUT2D eigenvalue weighted by Crippen LogP contribution is 2.28. The number of carbonyl (C=O) groups excluding carboxylic acids is 1. The molecule has 1 saturated carbocycles. The van der Waals surface area contributed by atoms with Gasteiger partial charge in [-0.1, -0.05) is 37.5 Å². The van der Waals surface area contributed by atoms with Gasteiger partial charge >= 0.3 is 0 Å². The fourth-order valence-corrected chi connectivity index (χ4v) is 4.34. The zero-order chi connectivity index (χ0) is 18.5. The SMILES string of the molecule is O=C(c1ccccc1)N1CCC(NCc2nncn2C2CCCCC2)CC1. The highest BCUT2D eigenvalue weighted by Gasteiger charge is 2.24. The van der Waals surface area contributed by atoms with E-state index in [4.69, 9.17) is 0 Å². The van der Waals surface area contributed by atoms with Gasteiger partial charge in [0.15, 0.2) is 0 Å². The van der Waals surface area contributed by atoms with Crippen LogP contribution in [0.25, 0.3) is 0 Å². The zero-order valence-corrected chi connectivity index (χ0v) is 15.9. The number of hydrogen-bond acceptors (Lipinski definition) is 4. The summed E-state index contributed by atoms with van der Waals surface area (Å²) >= 11 is 0. The molecule has 1 aromatic carbocycles. The number of carbonyl (C=O) groups is 1. The Morgan fingerprint density at radius 1 is 1.04 bits per heavy atom. The number of nitrogens with one attached hydrogen (secondary N) is 1. The van der Waals surface area contributed by atoms with Gasteiger partial charge in [0.05, 0.1) is 6.54 Å². The third-order valence-corrected chi connectivity index (χ3v) is 5.97. The third-order valence-electron chi connectivity index (χ3n) is 5.97. The third kappa shape index (κ3) is 4.38. The first-order chi connectivity index (χ1) is 13.3. The van der Waals surface area contributed by atoms with Crippen LogP contribution in [-0.2, 0) is 6.54 Å². The van der Waals surface area contributed by atoms with Crippen LogP contribution < -0.4 is 5.32 Å². The molecule has 0 bridgehead atoms. The van der Waals surface area contributed by atoms with Gasteiger partial charge in [0.1, 0.15) is 12.2 Å². The molecule has 2 aromatic rings. The fourth-order valence-electron chi connectivity index (χ4n) is 4.34. The highest BCUT2D eigenvalue weighted by molar-refractivity contribution is 5.94. The molecular formula is C21H29N5O. The molecule has 0 atom stereocenters. The molecule has 1 saturated heterocycles. The van der Waals surface area contributed by atoms with Crippen LogP contribution in [0.2, 0.25) is 0 Å². The smallest absolute Gasteiger partial charge is 0.253 e. The van der Waals surface area contributed by atoms with Crippen molar-refractivity contribution >= 4 is 5.91 Å². The van der Waals surface area contributed by atoms with E-state index in [-0.39, 0.29) is 5.91 Å². The van der Waals surface area contributed by atoms with Crippen LogP contribution >= 0.6 is 0 Å². The average Bonchev–Trinajstić information content (AvgIpc) is 3.22. The van der Waals surface area contributed by atoms with Gasteiger partial charge in [0, 0.05) is 30.7 Å². The number of likely N-dealkylation sites (tertiary alicyclic amines) is 1. The van der Waals surface area contributed by atoms with E-state index < -0.39 is 0 Å². The lowest BCUT2D eigenvalue weighted by Gasteiger charge is -2.32. The largest absolute Gasteiger partial charge is 0.339 e. The molecule has 4 rings (SSSR count). The van der Waals surface area contributed by atoms with Crippen LogP contribution in [0.3, 0.4) is 0 Å². The van der Waals surface area contributed by atoms with E-state index in [1.807, 2.05) is 41.6 Å². The Kier molecular flexibility index (Phi) is 5.82. The van der Waals surface area contributed by atoms with Gasteiger partial charge in [-0.15, -0.1) is 10.2 Å². The van der Waals surface area contributed by atoms with Crippen molar-refractivity contribution in [2.45, 2.75) is 63.6 Å². The van der Waals surface area contributed by atoms with Gasteiger partial charge in [0.2, 0.25) is 0 Å². The molecule has 27 heavy (non-hydrogen) atoms. The van der Waals surface area contributed by atoms with Gasteiger partial charge in [-0.25, -0.2) is 0 Å². The maximum atomic E-state index is 12.6. The van der Waals surface area contributed by atoms with Crippen molar-refractivity contribution in [3.05, 3.63) is 48.0 Å². The van der Waals surface area contributed by atoms with Gasteiger partial charge in [-0.2, -0.15) is 0 Å². The lowest BCUT2D eigenvalue weighted by molar-refractivity contribution is 0.0704. The molecule has 1 N–H and O–H groups in total. The van der Waals surface area contributed by atoms with E-state index in [2.05, 4.69) is 20.1 Å². The lowest BCUT2D eigenvalue weighted by Crippen LogP contribution is -2.45. The normalized spacial score (nSPS) is 19.3. The average molecular weight is 367 g/mol. The number of nitrogens with zero attached hydrogens (tertiary/aromatic N) is 4. The number of benzene rings is 1. The van der Waals surface area contributed by atoms with Crippen LogP contribution in [0.4, 0.5) is 0 Å². The fraction of sp³-hybridized carbons (Fsp3) is 0.571. The molecule has 6 nitrogen and oxygen atoms in total. The van der Waals surface area contributed by atoms with Crippen molar-refractivity contribution in [3.8, 4) is 0 Å². The van der Waals surface area contributed by atoms with Gasteiger partial charge < -0.3 is 14.8 Å². The van der Waals surface area contributed by atoms with E-state index in [1.54, 1.807) is 0 Å². The molecule has 1 aliphatic heterocycles. The number of amides is 1. The molecule has 1 aromatic heterocycles. The maximum Gasteiger partial charge on any atom is 0.253 e. The summed E-state index contributed by atoms with van der Waals surface area (Å²) in [4.78, 5) is 14.5. The van der Waals surface area contributed by atoms with E-state index in [0.29, 0.717) is 12.1 Å². The molecular weight excluding hydrogens is 338 g/mol. The number of hydrogen-bond donors (Lipinski definition) is 1. The second kappa shape index (κ2) is 8.65. The molecule has 144 valence electrons. The predicted molar refractivity (Wildman–Crippen MR) is 104 cm³/mol. The van der Waals surface area contributed by atoms with Crippen molar-refractivity contribution in [2.75, 3.05) is 13.1 Å². The van der Waals surface area contributed by atoms with Crippen molar-refractivity contribution in [1.82, 2.24) is 25.0 Å². The Morgan fingerprint density at radius 3 is 2.52 bits per heavy atom. The van der Waals surface area contributed by atoms with Gasteiger partial charge in [-0.05, 0) is 37.8 Å². The lowest BCUT2D eigenvalue weighted by atomic mass is 9.95. The first kappa shape index (κ1) is 18.2. The van der Waals surface area contributed by atoms with Gasteiger partial charge in [-0.3, -0.25) is 4.79 Å². The molecule has 0 unspecified atom stereocenters. The standard InChI is InChI=1S/C21H29N5O/c27-21(17-7-3-1-4-8-17)25-13-11-18(12-14-25)22-15-20-24-23-16-26(20)19-9-5-2-6-10-19/h1,3-4,7-8,16,18-19,22H,2,5-6,9-15H2. The minimum absolute atomic E-state index is 0.145. The molecule has 2 aliphatic rings. The Labute approximate surface area is 161 Å². The van der Waals surface area contributed by atoms with Crippen molar-refractivity contribution < 1.29 is 4.79 Å². The Morgan fingerprint density at radius 2 is 1.78 bits per heavy atom. The second-order valence-electron chi connectivity index (χ2n) is 7.76. The summed E-state index contributed by atoms with van der Waals surface area (Å²) in [5.41, 5.74) is 0.782. The van der Waals surface area contributed by atoms with Crippen LogP contribution in [-0.4, -0.2) is 44.7 Å². The minimum atomic E-state index is 0.145. The molecule has 6 heteroatoms. The van der Waals surface area contributed by atoms with Crippen LogP contribution in [0.5, 0.6) is 0 Å². The summed E-state index contributed by atoms with van der Waals surface area (Å²) < 4.78 is 2.28. The van der Waals surface area contributed by atoms with Crippen molar-refractivity contribution in [2.24, 2.45) is 0 Å². The summed E-state index contributed by atoms with van der Waals surface area (Å²) in [6.07, 6.45) is 10.3. The monoisotopic (exact) mass is 367 g/mol. The molecule has 0 radical (unpaired) electrons. The molecule has 0 spiro atoms. The first-order valence-corrected chi connectivity index (χ1v) is 10.3. The minimum Gasteiger partial charge on any atom is -0.339 e. The molecule has 1 amide bonds. The molecule has 1 aliphatic carbocycles. The highest BCUT2D eigenvalue weighted by atomic mass is 16.2. The number of aromatic nitrogens is 3. The van der Waals surface area contributed by atoms with E-state index >= 15 is 0 Å². The topological polar surface area (TPSA) is 63.1 Å². The Hall–Kier alpha value is -2.21. The van der Waals surface area contributed by atoms with Gasteiger partial charge in [0.25, 0.3) is 5.91 Å². The van der Waals surface area contributed by atoms with Crippen molar-refractivity contribution in [1.29, 1.82) is 0 Å². The number of piperidine rings is 1. The van der Waals surface area contributed by atoms with Crippen molar-refractivity contribution in [3.63, 3.8) is 0 Å². The second-order valence-corrected chi connectivity index (χ2v) is 7.76. The predicted octanol–water partition coefficient (Wildman–Crippen LogP) is 3.18. The Balaban J connectivity index is 1.27. The zero-order valence-electron chi connectivity index (χ0n) is 15.9. The number of rotatable bonds is 5. The quantitative estimate of drug-likeness (QED) is 0.882. The van der Waals surface area contributed by atoms with Crippen LogP contribution in [0.15, 0.2) is 36.7 Å². The first-order valence-electron chi connectivity index (χ1n) is 10.3. The summed E-state index contributed by atoms with van der Waals surface area (Å²) in [5, 5.41) is 12.1. The molecule has 2 heterocycles. The van der Waals surface area contributed by atoms with E-state index in [1.165, 1.54) is 32.1 Å². The van der Waals surface area contributed by atoms with Crippen LogP contribution in [0, 0.1) is 0 Å². The Bertz CT molecular complexity index is 730. The van der Waals surface area contributed by atoms with Crippen LogP contribution in [0.1, 0.15) is 67.2 Å². The maximum absolute atomic E-state index is 12.6. The molecule has 2 fully saturated rings. The summed E-state index contributed by atoms with van der Waals surface area (Å²) in [7, 11) is 0. The van der Waals surface area contributed by atoms with E-state index in [0.717, 1.165) is 43.9 Å². The van der Waals surface area contributed by atoms with E-state index in [9.17, 15) is 4.79 Å². The summed E-state index contributed by atoms with van der Waals surface area (Å²) in [5.74, 6) is 1.19. The summed E-state index contributed by atoms with van der Waals surface area (Å²) in [6, 6.07) is 10.6. The summed E-state index contributed by atoms with van der Waals surface area (Å²) in [6.45, 7) is 2.37.